The summed E-state index contributed by atoms with van der Waals surface area (Å²) in [4.78, 5) is 16.9. The summed E-state index contributed by atoms with van der Waals surface area (Å²) in [7, 11) is 1.85. The van der Waals surface area contributed by atoms with Crippen LogP contribution in [0.4, 0.5) is 5.69 Å². The van der Waals surface area contributed by atoms with Crippen molar-refractivity contribution in [2.45, 2.75) is 44.7 Å². The number of aromatic nitrogens is 5. The first kappa shape index (κ1) is 19.9. The zero-order chi connectivity index (χ0) is 20.3. The van der Waals surface area contributed by atoms with Gasteiger partial charge in [0, 0.05) is 7.05 Å². The summed E-state index contributed by atoms with van der Waals surface area (Å²) in [6.45, 7) is 7.89. The van der Waals surface area contributed by atoms with Crippen molar-refractivity contribution < 1.29 is 9.53 Å². The summed E-state index contributed by atoms with van der Waals surface area (Å²) in [6, 6.07) is 7.79. The van der Waals surface area contributed by atoms with Gasteiger partial charge in [-0.1, -0.05) is 30.0 Å². The number of aryl methyl sites for hydroxylation is 3. The molecule has 0 radical (unpaired) electrons. The zero-order valence-corrected chi connectivity index (χ0v) is 17.4. The van der Waals surface area contributed by atoms with E-state index in [2.05, 4.69) is 25.6 Å². The summed E-state index contributed by atoms with van der Waals surface area (Å²) in [5.41, 5.74) is 3.51. The van der Waals surface area contributed by atoms with Gasteiger partial charge in [-0.3, -0.25) is 14.6 Å². The molecule has 2 heterocycles. The molecule has 0 spiro atoms. The van der Waals surface area contributed by atoms with Crippen LogP contribution in [0.2, 0.25) is 0 Å². The second-order valence-corrected chi connectivity index (χ2v) is 7.85. The van der Waals surface area contributed by atoms with Crippen molar-refractivity contribution in [1.29, 1.82) is 0 Å². The number of hydrogen-bond donors (Lipinski definition) is 2. The van der Waals surface area contributed by atoms with E-state index < -0.39 is 0 Å². The topological polar surface area (TPSA) is 97.7 Å². The number of anilines is 1. The first-order chi connectivity index (χ1) is 13.3. The second-order valence-electron chi connectivity index (χ2n) is 6.54. The number of carbonyl (C=O) groups excluding carboxylic acids is 1. The number of rotatable bonds is 7. The van der Waals surface area contributed by atoms with Crippen LogP contribution in [0.3, 0.4) is 0 Å². The van der Waals surface area contributed by atoms with Crippen molar-refractivity contribution in [2.24, 2.45) is 7.05 Å². The minimum Gasteiger partial charge on any atom is -0.485 e. The molecule has 2 aromatic heterocycles. The number of aromatic amines is 1. The minimum atomic E-state index is -0.361. The molecule has 8 nitrogen and oxygen atoms in total. The lowest BCUT2D eigenvalue weighted by Gasteiger charge is -2.10. The Morgan fingerprint density at radius 2 is 2.07 bits per heavy atom. The zero-order valence-electron chi connectivity index (χ0n) is 16.6. The molecule has 1 aromatic carbocycles. The summed E-state index contributed by atoms with van der Waals surface area (Å²) < 4.78 is 7.51. The smallest absolute Gasteiger partial charge is 0.237 e. The van der Waals surface area contributed by atoms with Gasteiger partial charge in [0.2, 0.25) is 11.1 Å². The van der Waals surface area contributed by atoms with E-state index >= 15 is 0 Å². The molecule has 3 rings (SSSR count). The van der Waals surface area contributed by atoms with Crippen LogP contribution in [-0.2, 0) is 18.4 Å². The van der Waals surface area contributed by atoms with Crippen molar-refractivity contribution in [1.82, 2.24) is 25.0 Å². The normalized spacial score (nSPS) is 12.0. The maximum absolute atomic E-state index is 12.5. The molecule has 0 aliphatic heterocycles. The van der Waals surface area contributed by atoms with Gasteiger partial charge in [0.1, 0.15) is 12.4 Å². The molecule has 0 saturated carbocycles. The highest BCUT2D eigenvalue weighted by Crippen LogP contribution is 2.24. The second kappa shape index (κ2) is 8.47. The number of para-hydroxylation sites is 1. The number of benzene rings is 1. The molecule has 9 heteroatoms. The molecule has 148 valence electrons. The van der Waals surface area contributed by atoms with Crippen LogP contribution in [0.5, 0.6) is 5.75 Å². The van der Waals surface area contributed by atoms with Crippen molar-refractivity contribution in [2.75, 3.05) is 5.32 Å². The molecule has 0 fully saturated rings. The van der Waals surface area contributed by atoms with Crippen molar-refractivity contribution in [3.63, 3.8) is 0 Å². The SMILES string of the molecule is Cc1ccccc1OCc1nc(S[C@H](C)C(=O)Nc2c(C)nn(C)c2C)n[nH]1. The third-order valence-corrected chi connectivity index (χ3v) is 5.34. The maximum Gasteiger partial charge on any atom is 0.237 e. The Morgan fingerprint density at radius 1 is 1.32 bits per heavy atom. The number of nitrogens with one attached hydrogen (secondary N) is 2. The van der Waals surface area contributed by atoms with Gasteiger partial charge in [0.25, 0.3) is 0 Å². The van der Waals surface area contributed by atoms with E-state index in [-0.39, 0.29) is 17.8 Å². The minimum absolute atomic E-state index is 0.119. The Morgan fingerprint density at radius 3 is 2.75 bits per heavy atom. The third-order valence-electron chi connectivity index (χ3n) is 4.38. The number of ether oxygens (including phenoxy) is 1. The third kappa shape index (κ3) is 4.53. The Balaban J connectivity index is 1.56. The summed E-state index contributed by atoms with van der Waals surface area (Å²) in [5, 5.41) is 14.4. The number of thioether (sulfide) groups is 1. The van der Waals surface area contributed by atoms with Gasteiger partial charge in [-0.15, -0.1) is 5.10 Å². The van der Waals surface area contributed by atoms with Gasteiger partial charge in [-0.2, -0.15) is 5.10 Å². The van der Waals surface area contributed by atoms with Crippen LogP contribution >= 0.6 is 11.8 Å². The monoisotopic (exact) mass is 400 g/mol. The van der Waals surface area contributed by atoms with E-state index in [9.17, 15) is 4.79 Å². The summed E-state index contributed by atoms with van der Waals surface area (Å²) in [5.74, 6) is 1.30. The molecule has 0 unspecified atom stereocenters. The molecule has 0 bridgehead atoms. The summed E-state index contributed by atoms with van der Waals surface area (Å²) >= 11 is 1.29. The maximum atomic E-state index is 12.5. The van der Waals surface area contributed by atoms with Crippen LogP contribution in [0.25, 0.3) is 0 Å². The van der Waals surface area contributed by atoms with Gasteiger partial charge in [-0.05, 0) is 39.3 Å². The molecule has 28 heavy (non-hydrogen) atoms. The van der Waals surface area contributed by atoms with Gasteiger partial charge in [0.15, 0.2) is 5.82 Å². The average molecular weight is 401 g/mol. The lowest BCUT2D eigenvalue weighted by atomic mass is 10.2. The van der Waals surface area contributed by atoms with Crippen LogP contribution in [0.1, 0.15) is 29.7 Å². The van der Waals surface area contributed by atoms with E-state index in [0.29, 0.717) is 11.0 Å². The fraction of sp³-hybridized carbons (Fsp3) is 0.368. The van der Waals surface area contributed by atoms with Crippen molar-refractivity contribution in [3.8, 4) is 5.75 Å². The number of hydrogen-bond acceptors (Lipinski definition) is 6. The lowest BCUT2D eigenvalue weighted by Crippen LogP contribution is -2.23. The fourth-order valence-corrected chi connectivity index (χ4v) is 3.39. The van der Waals surface area contributed by atoms with Crippen LogP contribution in [0, 0.1) is 20.8 Å². The van der Waals surface area contributed by atoms with E-state index in [1.807, 2.05) is 59.0 Å². The molecule has 3 aromatic rings. The molecule has 0 aliphatic rings. The summed E-state index contributed by atoms with van der Waals surface area (Å²) in [6.07, 6.45) is 0. The van der Waals surface area contributed by atoms with E-state index in [0.717, 1.165) is 28.4 Å². The standard InChI is InChI=1S/C19H24N6O2S/c1-11-8-6-7-9-15(11)27-10-16-20-19(23-22-16)28-14(4)18(26)21-17-12(2)24-25(5)13(17)3/h6-9,14H,10H2,1-5H3,(H,21,26)(H,20,22,23)/t14-/m1/s1. The van der Waals surface area contributed by atoms with Gasteiger partial charge in [-0.25, -0.2) is 4.98 Å². The predicted molar refractivity (Wildman–Crippen MR) is 109 cm³/mol. The van der Waals surface area contributed by atoms with Crippen LogP contribution in [-0.4, -0.2) is 36.1 Å². The van der Waals surface area contributed by atoms with E-state index in [1.54, 1.807) is 4.68 Å². The molecule has 1 amide bonds. The molecule has 0 saturated heterocycles. The van der Waals surface area contributed by atoms with E-state index in [4.69, 9.17) is 4.74 Å². The Bertz CT molecular complexity index is 981. The van der Waals surface area contributed by atoms with E-state index in [1.165, 1.54) is 11.8 Å². The van der Waals surface area contributed by atoms with Crippen LogP contribution < -0.4 is 10.1 Å². The highest BCUT2D eigenvalue weighted by Gasteiger charge is 2.20. The molecule has 0 aliphatic carbocycles. The highest BCUT2D eigenvalue weighted by atomic mass is 32.2. The van der Waals surface area contributed by atoms with Crippen molar-refractivity contribution >= 4 is 23.4 Å². The Labute approximate surface area is 168 Å². The highest BCUT2D eigenvalue weighted by molar-refractivity contribution is 8.00. The first-order valence-electron chi connectivity index (χ1n) is 8.92. The molecular formula is C19H24N6O2S. The number of H-pyrrole nitrogens is 1. The molecule has 1 atom stereocenters. The largest absolute Gasteiger partial charge is 0.485 e. The number of nitrogens with zero attached hydrogens (tertiary/aromatic N) is 4. The predicted octanol–water partition coefficient (Wildman–Crippen LogP) is 3.16. The Kier molecular flexibility index (Phi) is 6.03. The lowest BCUT2D eigenvalue weighted by molar-refractivity contribution is -0.115. The fourth-order valence-electron chi connectivity index (χ4n) is 2.65. The van der Waals surface area contributed by atoms with Gasteiger partial charge in [0.05, 0.1) is 22.3 Å². The molecule has 2 N–H and O–H groups in total. The van der Waals surface area contributed by atoms with Crippen molar-refractivity contribution in [3.05, 3.63) is 47.0 Å². The van der Waals surface area contributed by atoms with Gasteiger partial charge >= 0.3 is 0 Å². The quantitative estimate of drug-likeness (QED) is 0.591. The van der Waals surface area contributed by atoms with Gasteiger partial charge < -0.3 is 10.1 Å². The first-order valence-corrected chi connectivity index (χ1v) is 9.80. The van der Waals surface area contributed by atoms with Crippen LogP contribution in [0.15, 0.2) is 29.4 Å². The average Bonchev–Trinajstić information content (AvgIpc) is 3.20. The Hall–Kier alpha value is -2.81. The number of amides is 1. The number of carbonyl (C=O) groups is 1. The molecular weight excluding hydrogens is 376 g/mol.